The van der Waals surface area contributed by atoms with Crippen LogP contribution in [-0.4, -0.2) is 57.8 Å². The van der Waals surface area contributed by atoms with E-state index in [2.05, 4.69) is 10.6 Å². The van der Waals surface area contributed by atoms with E-state index >= 15 is 0 Å². The molecule has 0 bridgehead atoms. The number of urea groups is 1. The van der Waals surface area contributed by atoms with Gasteiger partial charge in [0.2, 0.25) is 10.0 Å². The van der Waals surface area contributed by atoms with Crippen molar-refractivity contribution >= 4 is 16.1 Å². The number of ether oxygens (including phenoxy) is 1. The van der Waals surface area contributed by atoms with E-state index in [1.54, 1.807) is 7.11 Å². The van der Waals surface area contributed by atoms with Gasteiger partial charge in [0.25, 0.3) is 0 Å². The van der Waals surface area contributed by atoms with Crippen LogP contribution in [0.5, 0.6) is 5.75 Å². The summed E-state index contributed by atoms with van der Waals surface area (Å²) in [6.45, 7) is 0.915. The van der Waals surface area contributed by atoms with Crippen molar-refractivity contribution < 1.29 is 17.9 Å². The Morgan fingerprint density at radius 2 is 1.81 bits per heavy atom. The predicted molar refractivity (Wildman–Crippen MR) is 107 cm³/mol. The molecular weight excluding hydrogens is 366 g/mol. The van der Waals surface area contributed by atoms with Gasteiger partial charge in [-0.2, -0.15) is 0 Å². The first-order valence-corrected chi connectivity index (χ1v) is 11.4. The Bertz CT molecular complexity index is 685. The fourth-order valence-corrected chi connectivity index (χ4v) is 4.11. The number of benzene rings is 1. The lowest BCUT2D eigenvalue weighted by Gasteiger charge is -2.24. The molecule has 1 aromatic rings. The zero-order valence-electron chi connectivity index (χ0n) is 16.2. The van der Waals surface area contributed by atoms with Crippen molar-refractivity contribution in [2.45, 2.75) is 44.6 Å². The molecule has 2 N–H and O–H groups in total. The first kappa shape index (κ1) is 21.5. The van der Waals surface area contributed by atoms with Crippen molar-refractivity contribution in [3.8, 4) is 5.75 Å². The van der Waals surface area contributed by atoms with E-state index in [0.717, 1.165) is 37.0 Å². The second-order valence-electron chi connectivity index (χ2n) is 7.00. The average molecular weight is 398 g/mol. The monoisotopic (exact) mass is 397 g/mol. The Balaban J connectivity index is 1.77. The standard InChI is InChI=1S/C19H31N3O4S/c1-26-18-10-8-16(9-11-18)12-14-22(27(2,24)25)15-13-20-19(23)21-17-6-4-3-5-7-17/h8-11,17H,3-7,12-15H2,1-2H3,(H2,20,21,23). The fraction of sp³-hybridized carbons (Fsp3) is 0.632. The van der Waals surface area contributed by atoms with Crippen LogP contribution >= 0.6 is 0 Å². The molecule has 0 atom stereocenters. The van der Waals surface area contributed by atoms with Crippen LogP contribution in [0.4, 0.5) is 4.79 Å². The van der Waals surface area contributed by atoms with E-state index in [-0.39, 0.29) is 25.2 Å². The molecule has 27 heavy (non-hydrogen) atoms. The number of carbonyl (C=O) groups is 1. The van der Waals surface area contributed by atoms with E-state index in [9.17, 15) is 13.2 Å². The summed E-state index contributed by atoms with van der Waals surface area (Å²) in [5.41, 5.74) is 1.03. The lowest BCUT2D eigenvalue weighted by atomic mass is 9.96. The van der Waals surface area contributed by atoms with Crippen molar-refractivity contribution in [2.24, 2.45) is 0 Å². The third-order valence-electron chi connectivity index (χ3n) is 4.87. The van der Waals surface area contributed by atoms with Crippen LogP contribution in [0.3, 0.4) is 0 Å². The Morgan fingerprint density at radius 1 is 1.15 bits per heavy atom. The van der Waals surface area contributed by atoms with Gasteiger partial charge in [-0.1, -0.05) is 31.4 Å². The molecule has 0 aromatic heterocycles. The number of methoxy groups -OCH3 is 1. The summed E-state index contributed by atoms with van der Waals surface area (Å²) in [6.07, 6.45) is 7.37. The zero-order valence-corrected chi connectivity index (χ0v) is 17.1. The molecule has 152 valence electrons. The zero-order chi connectivity index (χ0) is 19.7. The number of nitrogens with zero attached hydrogens (tertiary/aromatic N) is 1. The third kappa shape index (κ3) is 7.76. The minimum atomic E-state index is -3.34. The molecule has 1 saturated carbocycles. The second-order valence-corrected chi connectivity index (χ2v) is 8.98. The largest absolute Gasteiger partial charge is 0.497 e. The van der Waals surface area contributed by atoms with Gasteiger partial charge in [-0.25, -0.2) is 17.5 Å². The number of hydrogen-bond acceptors (Lipinski definition) is 4. The van der Waals surface area contributed by atoms with Crippen molar-refractivity contribution in [3.05, 3.63) is 29.8 Å². The van der Waals surface area contributed by atoms with E-state index in [0.29, 0.717) is 13.0 Å². The minimum absolute atomic E-state index is 0.217. The van der Waals surface area contributed by atoms with Crippen LogP contribution in [0.2, 0.25) is 0 Å². The number of rotatable bonds is 9. The van der Waals surface area contributed by atoms with E-state index in [1.165, 1.54) is 17.0 Å². The highest BCUT2D eigenvalue weighted by atomic mass is 32.2. The summed E-state index contributed by atoms with van der Waals surface area (Å²) in [5, 5.41) is 5.74. The molecule has 0 unspecified atom stereocenters. The number of hydrogen-bond donors (Lipinski definition) is 2. The highest BCUT2D eigenvalue weighted by Crippen LogP contribution is 2.17. The van der Waals surface area contributed by atoms with Crippen LogP contribution in [-0.2, 0) is 16.4 Å². The minimum Gasteiger partial charge on any atom is -0.497 e. The van der Waals surface area contributed by atoms with Gasteiger partial charge in [-0.05, 0) is 37.0 Å². The summed E-state index contributed by atoms with van der Waals surface area (Å²) in [4.78, 5) is 12.0. The molecule has 2 rings (SSSR count). The van der Waals surface area contributed by atoms with E-state index in [1.807, 2.05) is 24.3 Å². The van der Waals surface area contributed by atoms with E-state index < -0.39 is 10.0 Å². The molecule has 0 aliphatic heterocycles. The molecule has 8 heteroatoms. The Labute approximate surface area is 162 Å². The normalized spacial score (nSPS) is 15.5. The Kier molecular flexibility index (Phi) is 8.37. The fourth-order valence-electron chi connectivity index (χ4n) is 3.27. The maximum absolute atomic E-state index is 12.0. The third-order valence-corrected chi connectivity index (χ3v) is 6.17. The van der Waals surface area contributed by atoms with Crippen LogP contribution in [0.1, 0.15) is 37.7 Å². The lowest BCUT2D eigenvalue weighted by molar-refractivity contribution is 0.231. The van der Waals surface area contributed by atoms with Gasteiger partial charge in [-0.15, -0.1) is 0 Å². The van der Waals surface area contributed by atoms with Gasteiger partial charge in [0.1, 0.15) is 5.75 Å². The maximum atomic E-state index is 12.0. The van der Waals surface area contributed by atoms with Crippen molar-refractivity contribution in [3.63, 3.8) is 0 Å². The number of amides is 2. The Hall–Kier alpha value is -1.80. The highest BCUT2D eigenvalue weighted by Gasteiger charge is 2.18. The van der Waals surface area contributed by atoms with Gasteiger partial charge >= 0.3 is 6.03 Å². The average Bonchev–Trinajstić information content (AvgIpc) is 2.64. The molecule has 0 saturated heterocycles. The van der Waals surface area contributed by atoms with E-state index in [4.69, 9.17) is 4.74 Å². The summed E-state index contributed by atoms with van der Waals surface area (Å²) in [7, 11) is -1.73. The second kappa shape index (κ2) is 10.5. The first-order chi connectivity index (χ1) is 12.9. The molecule has 1 fully saturated rings. The number of sulfonamides is 1. The van der Waals surface area contributed by atoms with Crippen molar-refractivity contribution in [1.29, 1.82) is 0 Å². The van der Waals surface area contributed by atoms with Gasteiger partial charge < -0.3 is 15.4 Å². The van der Waals surface area contributed by atoms with Crippen molar-refractivity contribution in [2.75, 3.05) is 33.0 Å². The summed E-state index contributed by atoms with van der Waals surface area (Å²) < 4.78 is 30.6. The van der Waals surface area contributed by atoms with Gasteiger partial charge in [-0.3, -0.25) is 0 Å². The van der Waals surface area contributed by atoms with Gasteiger partial charge in [0.15, 0.2) is 0 Å². The molecule has 1 aliphatic rings. The highest BCUT2D eigenvalue weighted by molar-refractivity contribution is 7.88. The predicted octanol–water partition coefficient (Wildman–Crippen LogP) is 2.13. The lowest BCUT2D eigenvalue weighted by Crippen LogP contribution is -2.46. The molecule has 1 aliphatic carbocycles. The molecule has 1 aromatic carbocycles. The maximum Gasteiger partial charge on any atom is 0.315 e. The summed E-state index contributed by atoms with van der Waals surface area (Å²) in [5.74, 6) is 0.770. The SMILES string of the molecule is COc1ccc(CCN(CCNC(=O)NC2CCCCC2)S(C)(=O)=O)cc1. The van der Waals surface area contributed by atoms with Crippen LogP contribution in [0, 0.1) is 0 Å². The molecule has 2 amide bonds. The molecular formula is C19H31N3O4S. The van der Waals surface area contributed by atoms with Gasteiger partial charge in [0, 0.05) is 25.7 Å². The topological polar surface area (TPSA) is 87.7 Å². The summed E-state index contributed by atoms with van der Waals surface area (Å²) in [6, 6.07) is 7.59. The van der Waals surface area contributed by atoms with Crippen molar-refractivity contribution in [1.82, 2.24) is 14.9 Å². The van der Waals surface area contributed by atoms with Crippen LogP contribution in [0.15, 0.2) is 24.3 Å². The first-order valence-electron chi connectivity index (χ1n) is 9.51. The van der Waals surface area contributed by atoms with Crippen LogP contribution < -0.4 is 15.4 Å². The summed E-state index contributed by atoms with van der Waals surface area (Å²) >= 11 is 0. The number of nitrogens with one attached hydrogen (secondary N) is 2. The Morgan fingerprint density at radius 3 is 2.41 bits per heavy atom. The molecule has 0 heterocycles. The molecule has 0 radical (unpaired) electrons. The molecule has 0 spiro atoms. The quantitative estimate of drug-likeness (QED) is 0.668. The molecule has 7 nitrogen and oxygen atoms in total. The van der Waals surface area contributed by atoms with Crippen LogP contribution in [0.25, 0.3) is 0 Å². The van der Waals surface area contributed by atoms with Gasteiger partial charge in [0.05, 0.1) is 13.4 Å². The smallest absolute Gasteiger partial charge is 0.315 e. The number of carbonyl (C=O) groups excluding carboxylic acids is 1.